The zero-order valence-electron chi connectivity index (χ0n) is 14.8. The summed E-state index contributed by atoms with van der Waals surface area (Å²) in [5, 5.41) is 0.985. The summed E-state index contributed by atoms with van der Waals surface area (Å²) in [5.41, 5.74) is 0.429. The molecule has 1 saturated heterocycles. The maximum absolute atomic E-state index is 12.9. The molecule has 1 aliphatic rings. The molecule has 0 spiro atoms. The Kier molecular flexibility index (Phi) is 5.73. The van der Waals surface area contributed by atoms with Crippen LogP contribution in [-0.4, -0.2) is 52.3 Å². The average Bonchev–Trinajstić information content (AvgIpc) is 3.06. The Labute approximate surface area is 155 Å². The average molecular weight is 375 g/mol. The number of fused-ring (bicyclic) bond motifs is 1. The molecule has 1 aliphatic heterocycles. The Hall–Kier alpha value is -2.19. The van der Waals surface area contributed by atoms with Gasteiger partial charge in [-0.1, -0.05) is 23.9 Å². The SMILES string of the molecule is COCC(C)n1c(SCC(=O)N2CCCC2=O)nc2ccccc2c1=O. The van der Waals surface area contributed by atoms with Crippen LogP contribution in [0.1, 0.15) is 25.8 Å². The second-order valence-electron chi connectivity index (χ2n) is 6.22. The van der Waals surface area contributed by atoms with Crippen molar-refractivity contribution in [1.82, 2.24) is 14.5 Å². The number of para-hydroxylation sites is 1. The summed E-state index contributed by atoms with van der Waals surface area (Å²) in [6, 6.07) is 6.91. The number of likely N-dealkylation sites (tertiary alicyclic amines) is 1. The first-order valence-corrected chi connectivity index (χ1v) is 9.47. The molecule has 1 fully saturated rings. The van der Waals surface area contributed by atoms with Crippen LogP contribution in [0.2, 0.25) is 0 Å². The van der Waals surface area contributed by atoms with Crippen LogP contribution in [-0.2, 0) is 14.3 Å². The Morgan fingerprint density at radius 3 is 2.81 bits per heavy atom. The smallest absolute Gasteiger partial charge is 0.262 e. The van der Waals surface area contributed by atoms with E-state index in [1.54, 1.807) is 29.9 Å². The van der Waals surface area contributed by atoms with Gasteiger partial charge in [-0.25, -0.2) is 4.98 Å². The number of carbonyl (C=O) groups is 2. The van der Waals surface area contributed by atoms with Gasteiger partial charge in [0.15, 0.2) is 5.16 Å². The molecule has 0 aliphatic carbocycles. The third-order valence-electron chi connectivity index (χ3n) is 4.32. The lowest BCUT2D eigenvalue weighted by Gasteiger charge is -2.19. The zero-order valence-corrected chi connectivity index (χ0v) is 15.6. The summed E-state index contributed by atoms with van der Waals surface area (Å²) in [7, 11) is 1.57. The fraction of sp³-hybridized carbons (Fsp3) is 0.444. The summed E-state index contributed by atoms with van der Waals surface area (Å²) in [5.74, 6) is -0.311. The van der Waals surface area contributed by atoms with Gasteiger partial charge in [0.1, 0.15) is 0 Å². The van der Waals surface area contributed by atoms with Gasteiger partial charge in [0.05, 0.1) is 29.3 Å². The number of methoxy groups -OCH3 is 1. The molecule has 138 valence electrons. The highest BCUT2D eigenvalue weighted by atomic mass is 32.2. The minimum atomic E-state index is -0.245. The molecule has 3 rings (SSSR count). The number of thioether (sulfide) groups is 1. The highest BCUT2D eigenvalue weighted by molar-refractivity contribution is 7.99. The lowest BCUT2D eigenvalue weighted by atomic mass is 10.2. The van der Waals surface area contributed by atoms with Crippen molar-refractivity contribution in [3.05, 3.63) is 34.6 Å². The zero-order chi connectivity index (χ0) is 18.7. The summed E-state index contributed by atoms with van der Waals surface area (Å²) in [6.45, 7) is 2.69. The van der Waals surface area contributed by atoms with Gasteiger partial charge < -0.3 is 4.74 Å². The molecule has 1 aromatic carbocycles. The molecule has 2 aromatic rings. The van der Waals surface area contributed by atoms with Gasteiger partial charge >= 0.3 is 0 Å². The van der Waals surface area contributed by atoms with Crippen LogP contribution < -0.4 is 5.56 Å². The van der Waals surface area contributed by atoms with Gasteiger partial charge in [-0.3, -0.25) is 23.9 Å². The van der Waals surface area contributed by atoms with Crippen LogP contribution in [0, 0.1) is 0 Å². The van der Waals surface area contributed by atoms with E-state index < -0.39 is 0 Å². The maximum atomic E-state index is 12.9. The predicted octanol–water partition coefficient (Wildman–Crippen LogP) is 1.84. The van der Waals surface area contributed by atoms with Crippen LogP contribution >= 0.6 is 11.8 Å². The molecule has 1 atom stereocenters. The number of hydrogen-bond donors (Lipinski definition) is 0. The molecule has 0 N–H and O–H groups in total. The van der Waals surface area contributed by atoms with Crippen molar-refractivity contribution in [2.75, 3.05) is 26.0 Å². The van der Waals surface area contributed by atoms with E-state index >= 15 is 0 Å². The van der Waals surface area contributed by atoms with E-state index in [0.29, 0.717) is 42.1 Å². The molecule has 2 amide bonds. The van der Waals surface area contributed by atoms with Crippen molar-refractivity contribution < 1.29 is 14.3 Å². The lowest BCUT2D eigenvalue weighted by Crippen LogP contribution is -2.34. The lowest BCUT2D eigenvalue weighted by molar-refractivity contribution is -0.140. The van der Waals surface area contributed by atoms with Crippen molar-refractivity contribution in [3.8, 4) is 0 Å². The van der Waals surface area contributed by atoms with E-state index in [1.165, 1.54) is 16.7 Å². The van der Waals surface area contributed by atoms with E-state index in [4.69, 9.17) is 4.74 Å². The number of amides is 2. The number of imide groups is 1. The van der Waals surface area contributed by atoms with Gasteiger partial charge in [-0.2, -0.15) is 0 Å². The molecule has 2 heterocycles. The maximum Gasteiger partial charge on any atom is 0.262 e. The monoisotopic (exact) mass is 375 g/mol. The number of ether oxygens (including phenoxy) is 1. The molecule has 0 bridgehead atoms. The normalized spacial score (nSPS) is 15.6. The number of hydrogen-bond acceptors (Lipinski definition) is 6. The van der Waals surface area contributed by atoms with E-state index in [-0.39, 0.29) is 29.2 Å². The van der Waals surface area contributed by atoms with Gasteiger partial charge in [0.25, 0.3) is 5.56 Å². The number of benzene rings is 1. The van der Waals surface area contributed by atoms with Crippen molar-refractivity contribution >= 4 is 34.5 Å². The van der Waals surface area contributed by atoms with E-state index in [9.17, 15) is 14.4 Å². The highest BCUT2D eigenvalue weighted by Crippen LogP contribution is 2.22. The van der Waals surface area contributed by atoms with Crippen LogP contribution in [0.5, 0.6) is 0 Å². The Bertz CT molecular complexity index is 896. The molecule has 0 saturated carbocycles. The fourth-order valence-corrected chi connectivity index (χ4v) is 4.02. The largest absolute Gasteiger partial charge is 0.383 e. The topological polar surface area (TPSA) is 81.5 Å². The minimum Gasteiger partial charge on any atom is -0.383 e. The van der Waals surface area contributed by atoms with Gasteiger partial charge in [-0.15, -0.1) is 0 Å². The Balaban J connectivity index is 1.92. The van der Waals surface area contributed by atoms with Crippen LogP contribution in [0.25, 0.3) is 10.9 Å². The molecule has 1 unspecified atom stereocenters. The standard InChI is InChI=1S/C18H21N3O4S/c1-12(10-25-2)21-17(24)13-6-3-4-7-14(13)19-18(21)26-11-16(23)20-9-5-8-15(20)22/h3-4,6-7,12H,5,8-11H2,1-2H3. The molecule has 0 radical (unpaired) electrons. The number of rotatable bonds is 6. The van der Waals surface area contributed by atoms with E-state index in [2.05, 4.69) is 4.98 Å². The molecular weight excluding hydrogens is 354 g/mol. The summed E-state index contributed by atoms with van der Waals surface area (Å²) < 4.78 is 6.75. The number of nitrogens with zero attached hydrogens (tertiary/aromatic N) is 3. The first-order valence-electron chi connectivity index (χ1n) is 8.49. The van der Waals surface area contributed by atoms with Gasteiger partial charge in [0.2, 0.25) is 11.8 Å². The fourth-order valence-electron chi connectivity index (χ4n) is 3.05. The first kappa shape index (κ1) is 18.6. The van der Waals surface area contributed by atoms with Crippen LogP contribution in [0.15, 0.2) is 34.2 Å². The summed E-state index contributed by atoms with van der Waals surface area (Å²) >= 11 is 1.18. The molecule has 1 aromatic heterocycles. The number of aromatic nitrogens is 2. The summed E-state index contributed by atoms with van der Waals surface area (Å²) in [6.07, 6.45) is 1.12. The first-order chi connectivity index (χ1) is 12.5. The van der Waals surface area contributed by atoms with Crippen molar-refractivity contribution in [2.45, 2.75) is 31.0 Å². The highest BCUT2D eigenvalue weighted by Gasteiger charge is 2.27. The second-order valence-corrected chi connectivity index (χ2v) is 7.16. The van der Waals surface area contributed by atoms with Crippen molar-refractivity contribution in [1.29, 1.82) is 0 Å². The van der Waals surface area contributed by atoms with Crippen LogP contribution in [0.3, 0.4) is 0 Å². The van der Waals surface area contributed by atoms with Crippen molar-refractivity contribution in [3.63, 3.8) is 0 Å². The third kappa shape index (κ3) is 3.66. The van der Waals surface area contributed by atoms with Gasteiger partial charge in [0, 0.05) is 20.1 Å². The quantitative estimate of drug-likeness (QED) is 0.566. The second kappa shape index (κ2) is 8.01. The summed E-state index contributed by atoms with van der Waals surface area (Å²) in [4.78, 5) is 42.8. The Morgan fingerprint density at radius 1 is 1.35 bits per heavy atom. The minimum absolute atomic E-state index is 0.0657. The van der Waals surface area contributed by atoms with E-state index in [1.807, 2.05) is 13.0 Å². The predicted molar refractivity (Wildman–Crippen MR) is 99.3 cm³/mol. The molecule has 26 heavy (non-hydrogen) atoms. The molecule has 7 nitrogen and oxygen atoms in total. The van der Waals surface area contributed by atoms with Crippen molar-refractivity contribution in [2.24, 2.45) is 0 Å². The molecular formula is C18H21N3O4S. The Morgan fingerprint density at radius 2 is 2.12 bits per heavy atom. The number of carbonyl (C=O) groups excluding carboxylic acids is 2. The van der Waals surface area contributed by atoms with Crippen LogP contribution in [0.4, 0.5) is 0 Å². The third-order valence-corrected chi connectivity index (χ3v) is 5.26. The molecule has 8 heteroatoms. The van der Waals surface area contributed by atoms with E-state index in [0.717, 1.165) is 0 Å². The van der Waals surface area contributed by atoms with Gasteiger partial charge in [-0.05, 0) is 25.5 Å².